The molecule has 0 amide bonds. The number of nitriles is 1. The van der Waals surface area contributed by atoms with Gasteiger partial charge >= 0.3 is 0 Å². The van der Waals surface area contributed by atoms with Crippen molar-refractivity contribution in [2.24, 2.45) is 0 Å². The largest absolute Gasteiger partial charge is 0.481 e. The van der Waals surface area contributed by atoms with Crippen molar-refractivity contribution >= 4 is 16.8 Å². The van der Waals surface area contributed by atoms with Gasteiger partial charge in [-0.1, -0.05) is 30.3 Å². The molecule has 22 heavy (non-hydrogen) atoms. The average molecular weight is 294 g/mol. The lowest BCUT2D eigenvalue weighted by molar-refractivity contribution is 0.0840. The van der Waals surface area contributed by atoms with Crippen LogP contribution in [0.25, 0.3) is 10.9 Å². The summed E-state index contributed by atoms with van der Waals surface area (Å²) in [7, 11) is 0. The van der Waals surface area contributed by atoms with E-state index in [9.17, 15) is 9.18 Å². The second-order valence-corrected chi connectivity index (χ2v) is 4.65. The van der Waals surface area contributed by atoms with Gasteiger partial charge in [-0.25, -0.2) is 4.39 Å². The molecule has 0 saturated heterocycles. The summed E-state index contributed by atoms with van der Waals surface area (Å²) in [4.78, 5) is 12.3. The molecule has 1 aromatic heterocycles. The van der Waals surface area contributed by atoms with Crippen LogP contribution in [0.3, 0.4) is 0 Å². The molecule has 3 rings (SSSR count). The van der Waals surface area contributed by atoms with Crippen molar-refractivity contribution < 1.29 is 13.9 Å². The smallest absolute Gasteiger partial charge is 0.269 e. The van der Waals surface area contributed by atoms with Gasteiger partial charge in [0.15, 0.2) is 18.2 Å². The first-order valence-electron chi connectivity index (χ1n) is 6.61. The van der Waals surface area contributed by atoms with Crippen LogP contribution in [0, 0.1) is 17.1 Å². The van der Waals surface area contributed by atoms with Crippen LogP contribution in [0.5, 0.6) is 5.75 Å². The van der Waals surface area contributed by atoms with E-state index in [0.717, 1.165) is 0 Å². The summed E-state index contributed by atoms with van der Waals surface area (Å²) in [6.45, 7) is -0.315. The van der Waals surface area contributed by atoms with Crippen LogP contribution in [-0.4, -0.2) is 17.1 Å². The quantitative estimate of drug-likeness (QED) is 0.744. The molecule has 0 aliphatic carbocycles. The van der Waals surface area contributed by atoms with Crippen molar-refractivity contribution in [1.82, 2.24) is 4.57 Å². The van der Waals surface area contributed by atoms with E-state index in [1.165, 1.54) is 22.9 Å². The van der Waals surface area contributed by atoms with Crippen LogP contribution in [-0.2, 0) is 0 Å². The highest BCUT2D eigenvalue weighted by molar-refractivity contribution is 5.96. The van der Waals surface area contributed by atoms with Gasteiger partial charge in [0.05, 0.1) is 11.1 Å². The molecule has 0 fully saturated rings. The molecular formula is C17H11FN2O2. The summed E-state index contributed by atoms with van der Waals surface area (Å²) in [5.41, 5.74) is 1.04. The van der Waals surface area contributed by atoms with Crippen molar-refractivity contribution in [3.63, 3.8) is 0 Å². The maximum atomic E-state index is 13.5. The molecule has 5 heteroatoms. The zero-order valence-corrected chi connectivity index (χ0v) is 11.5. The maximum Gasteiger partial charge on any atom is 0.269 e. The summed E-state index contributed by atoms with van der Waals surface area (Å²) >= 11 is 0. The van der Waals surface area contributed by atoms with E-state index in [0.29, 0.717) is 16.5 Å². The Morgan fingerprint density at radius 3 is 2.68 bits per heavy atom. The highest BCUT2D eigenvalue weighted by Gasteiger charge is 2.14. The van der Waals surface area contributed by atoms with E-state index in [1.54, 1.807) is 36.4 Å². The van der Waals surface area contributed by atoms with E-state index in [4.69, 9.17) is 10.00 Å². The zero-order valence-electron chi connectivity index (χ0n) is 11.5. The van der Waals surface area contributed by atoms with Crippen LogP contribution in [0.4, 0.5) is 4.39 Å². The predicted molar refractivity (Wildman–Crippen MR) is 79.2 cm³/mol. The number of aromatic nitrogens is 1. The molecule has 0 spiro atoms. The highest BCUT2D eigenvalue weighted by atomic mass is 19.1. The zero-order chi connectivity index (χ0) is 15.5. The fourth-order valence-corrected chi connectivity index (χ4v) is 2.25. The van der Waals surface area contributed by atoms with Gasteiger partial charge in [0, 0.05) is 11.6 Å². The molecule has 0 aliphatic heterocycles. The number of benzene rings is 2. The molecule has 108 valence electrons. The van der Waals surface area contributed by atoms with E-state index < -0.39 is 5.82 Å². The summed E-state index contributed by atoms with van der Waals surface area (Å²) in [5, 5.41) is 9.82. The van der Waals surface area contributed by atoms with Crippen molar-refractivity contribution in [3.05, 3.63) is 66.1 Å². The van der Waals surface area contributed by atoms with E-state index >= 15 is 0 Å². The Bertz CT molecular complexity index is 893. The normalized spacial score (nSPS) is 10.4. The third-order valence-electron chi connectivity index (χ3n) is 3.29. The Labute approximate surface area is 126 Å². The van der Waals surface area contributed by atoms with Gasteiger partial charge in [0.1, 0.15) is 6.07 Å². The minimum atomic E-state index is -0.523. The molecule has 1 heterocycles. The van der Waals surface area contributed by atoms with Gasteiger partial charge in [0.25, 0.3) is 5.91 Å². The first kappa shape index (κ1) is 13.8. The molecule has 4 nitrogen and oxygen atoms in total. The third kappa shape index (κ3) is 2.42. The van der Waals surface area contributed by atoms with Crippen molar-refractivity contribution in [2.75, 3.05) is 6.61 Å². The molecule has 0 N–H and O–H groups in total. The number of carbonyl (C=O) groups is 1. The SMILES string of the molecule is N#Cc1cn(C(=O)COc2ccccc2F)c2ccccc12. The number of hydrogen-bond acceptors (Lipinski definition) is 3. The van der Waals surface area contributed by atoms with Crippen LogP contribution in [0.1, 0.15) is 10.4 Å². The van der Waals surface area contributed by atoms with Crippen LogP contribution < -0.4 is 4.74 Å². The number of hydrogen-bond donors (Lipinski definition) is 0. The van der Waals surface area contributed by atoms with Crippen molar-refractivity contribution in [3.8, 4) is 11.8 Å². The van der Waals surface area contributed by atoms with Crippen molar-refractivity contribution in [1.29, 1.82) is 5.26 Å². The number of rotatable bonds is 3. The average Bonchev–Trinajstić information content (AvgIpc) is 2.93. The van der Waals surface area contributed by atoms with E-state index in [1.807, 2.05) is 0 Å². The Kier molecular flexibility index (Phi) is 3.58. The van der Waals surface area contributed by atoms with Gasteiger partial charge in [-0.3, -0.25) is 9.36 Å². The minimum Gasteiger partial charge on any atom is -0.481 e. The van der Waals surface area contributed by atoms with Gasteiger partial charge in [0.2, 0.25) is 0 Å². The lowest BCUT2D eigenvalue weighted by atomic mass is 10.2. The molecule has 3 aromatic rings. The van der Waals surface area contributed by atoms with Gasteiger partial charge in [-0.15, -0.1) is 0 Å². The highest BCUT2D eigenvalue weighted by Crippen LogP contribution is 2.21. The first-order chi connectivity index (χ1) is 10.7. The molecule has 0 radical (unpaired) electrons. The topological polar surface area (TPSA) is 55.0 Å². The number of carbonyl (C=O) groups excluding carboxylic acids is 1. The van der Waals surface area contributed by atoms with Crippen molar-refractivity contribution in [2.45, 2.75) is 0 Å². The number of ether oxygens (including phenoxy) is 1. The fraction of sp³-hybridized carbons (Fsp3) is 0.0588. The Morgan fingerprint density at radius 2 is 1.91 bits per heavy atom. The van der Waals surface area contributed by atoms with Crippen LogP contribution >= 0.6 is 0 Å². The summed E-state index contributed by atoms with van der Waals surface area (Å²) < 4.78 is 20.0. The summed E-state index contributed by atoms with van der Waals surface area (Å²) in [5.74, 6) is -0.876. The third-order valence-corrected chi connectivity index (χ3v) is 3.29. The number of fused-ring (bicyclic) bond motifs is 1. The van der Waals surface area contributed by atoms with Gasteiger partial charge in [-0.05, 0) is 18.2 Å². The molecular weight excluding hydrogens is 283 g/mol. The molecule has 0 saturated carbocycles. The molecule has 2 aromatic carbocycles. The lowest BCUT2D eigenvalue weighted by Crippen LogP contribution is -2.18. The maximum absolute atomic E-state index is 13.5. The summed E-state index contributed by atoms with van der Waals surface area (Å²) in [6, 6.07) is 15.0. The lowest BCUT2D eigenvalue weighted by Gasteiger charge is -2.07. The van der Waals surface area contributed by atoms with E-state index in [-0.39, 0.29) is 18.3 Å². The monoisotopic (exact) mass is 294 g/mol. The minimum absolute atomic E-state index is 0.0211. The number of para-hydroxylation sites is 2. The van der Waals surface area contributed by atoms with E-state index in [2.05, 4.69) is 6.07 Å². The first-order valence-corrected chi connectivity index (χ1v) is 6.61. The number of nitrogens with zero attached hydrogens (tertiary/aromatic N) is 2. The second-order valence-electron chi connectivity index (χ2n) is 4.65. The number of halogens is 1. The Morgan fingerprint density at radius 1 is 1.18 bits per heavy atom. The van der Waals surface area contributed by atoms with Crippen LogP contribution in [0.15, 0.2) is 54.7 Å². The standard InChI is InChI=1S/C17H11FN2O2/c18-14-6-2-4-8-16(14)22-11-17(21)20-10-12(9-19)13-5-1-3-7-15(13)20/h1-8,10H,11H2. The van der Waals surface area contributed by atoms with Gasteiger partial charge in [-0.2, -0.15) is 5.26 Å². The molecule has 0 unspecified atom stereocenters. The Balaban J connectivity index is 1.87. The fourth-order valence-electron chi connectivity index (χ4n) is 2.25. The Hall–Kier alpha value is -3.13. The van der Waals surface area contributed by atoms with Crippen LogP contribution in [0.2, 0.25) is 0 Å². The predicted octanol–water partition coefficient (Wildman–Crippen LogP) is 3.37. The van der Waals surface area contributed by atoms with Gasteiger partial charge < -0.3 is 4.74 Å². The summed E-state index contributed by atoms with van der Waals surface area (Å²) in [6.07, 6.45) is 1.47. The molecule has 0 atom stereocenters. The molecule has 0 bridgehead atoms. The molecule has 0 aliphatic rings. The second kappa shape index (κ2) is 5.70.